The zero-order valence-corrected chi connectivity index (χ0v) is 14.2. The predicted molar refractivity (Wildman–Crippen MR) is 97.0 cm³/mol. The molecular formula is C19H15FN4O2. The molecule has 6 nitrogen and oxygen atoms in total. The molecule has 1 aromatic carbocycles. The summed E-state index contributed by atoms with van der Waals surface area (Å²) in [7, 11) is 1.65. The summed E-state index contributed by atoms with van der Waals surface area (Å²) in [4.78, 5) is 29.8. The summed E-state index contributed by atoms with van der Waals surface area (Å²) >= 11 is 0. The number of amides is 1. The van der Waals surface area contributed by atoms with Gasteiger partial charge in [-0.2, -0.15) is 0 Å². The summed E-state index contributed by atoms with van der Waals surface area (Å²) < 4.78 is 16.8. The number of aromatic nitrogens is 3. The number of aryl methyl sites for hydroxylation is 2. The molecule has 4 aromatic rings. The smallest absolute Gasteiger partial charge is 0.272 e. The third-order valence-electron chi connectivity index (χ3n) is 4.30. The van der Waals surface area contributed by atoms with Crippen LogP contribution >= 0.6 is 0 Å². The van der Waals surface area contributed by atoms with Crippen LogP contribution in [-0.4, -0.2) is 19.9 Å². The zero-order valence-electron chi connectivity index (χ0n) is 14.2. The highest BCUT2D eigenvalue weighted by Crippen LogP contribution is 2.18. The molecule has 0 atom stereocenters. The molecular weight excluding hydrogens is 335 g/mol. The maximum absolute atomic E-state index is 13.8. The van der Waals surface area contributed by atoms with Crippen LogP contribution in [0.15, 0.2) is 53.5 Å². The van der Waals surface area contributed by atoms with E-state index in [1.54, 1.807) is 31.4 Å². The van der Waals surface area contributed by atoms with Crippen LogP contribution in [0, 0.1) is 12.7 Å². The molecule has 0 radical (unpaired) electrons. The molecule has 26 heavy (non-hydrogen) atoms. The molecule has 0 saturated heterocycles. The van der Waals surface area contributed by atoms with E-state index in [4.69, 9.17) is 0 Å². The quantitative estimate of drug-likeness (QED) is 0.604. The summed E-state index contributed by atoms with van der Waals surface area (Å²) in [6, 6.07) is 11.0. The maximum Gasteiger partial charge on any atom is 0.272 e. The second kappa shape index (κ2) is 5.80. The fourth-order valence-corrected chi connectivity index (χ4v) is 2.94. The van der Waals surface area contributed by atoms with Gasteiger partial charge in [0.15, 0.2) is 0 Å². The number of hydrogen-bond donors (Lipinski definition) is 1. The number of benzene rings is 1. The molecule has 7 heteroatoms. The summed E-state index contributed by atoms with van der Waals surface area (Å²) in [5.41, 5.74) is 1.87. The standard InChI is InChI=1S/C19H15FN4O2/c1-11-7-8-16-22-17-12(19(26)24(16)10-11)9-15(23(17)2)18(25)21-14-6-4-3-5-13(14)20/h3-10H,1-2H3,(H,21,25). The van der Waals surface area contributed by atoms with E-state index in [9.17, 15) is 14.0 Å². The SMILES string of the molecule is Cc1ccc2nc3c(cc(C(=O)Nc4ccccc4F)n3C)c(=O)n2c1. The minimum atomic E-state index is -0.529. The molecule has 3 aromatic heterocycles. The van der Waals surface area contributed by atoms with Gasteiger partial charge in [0, 0.05) is 13.2 Å². The van der Waals surface area contributed by atoms with E-state index >= 15 is 0 Å². The lowest BCUT2D eigenvalue weighted by molar-refractivity contribution is 0.101. The third kappa shape index (κ3) is 2.45. The molecule has 0 fully saturated rings. The van der Waals surface area contributed by atoms with Crippen molar-refractivity contribution in [1.82, 2.24) is 14.0 Å². The molecule has 0 saturated carbocycles. The van der Waals surface area contributed by atoms with Crippen molar-refractivity contribution < 1.29 is 9.18 Å². The Morgan fingerprint density at radius 1 is 1.19 bits per heavy atom. The van der Waals surface area contributed by atoms with E-state index in [1.165, 1.54) is 27.2 Å². The molecule has 1 N–H and O–H groups in total. The minimum Gasteiger partial charge on any atom is -0.324 e. The Balaban J connectivity index is 1.86. The molecule has 0 aliphatic carbocycles. The number of fused-ring (bicyclic) bond motifs is 2. The van der Waals surface area contributed by atoms with Crippen LogP contribution in [0.25, 0.3) is 16.7 Å². The first-order valence-electron chi connectivity index (χ1n) is 8.00. The van der Waals surface area contributed by atoms with Gasteiger partial charge in [-0.15, -0.1) is 0 Å². The zero-order chi connectivity index (χ0) is 18.4. The van der Waals surface area contributed by atoms with Crippen LogP contribution in [-0.2, 0) is 7.05 Å². The van der Waals surface area contributed by atoms with Gasteiger partial charge in [-0.1, -0.05) is 18.2 Å². The van der Waals surface area contributed by atoms with Gasteiger partial charge < -0.3 is 9.88 Å². The summed E-state index contributed by atoms with van der Waals surface area (Å²) in [5, 5.41) is 2.86. The van der Waals surface area contributed by atoms with E-state index in [0.717, 1.165) is 5.56 Å². The van der Waals surface area contributed by atoms with E-state index in [1.807, 2.05) is 13.0 Å². The number of pyridine rings is 1. The number of hydrogen-bond acceptors (Lipinski definition) is 3. The van der Waals surface area contributed by atoms with Gasteiger partial charge in [-0.3, -0.25) is 14.0 Å². The third-order valence-corrected chi connectivity index (χ3v) is 4.30. The van der Waals surface area contributed by atoms with Crippen molar-refractivity contribution in [2.75, 3.05) is 5.32 Å². The number of rotatable bonds is 2. The second-order valence-electron chi connectivity index (χ2n) is 6.11. The van der Waals surface area contributed by atoms with Gasteiger partial charge in [0.25, 0.3) is 11.5 Å². The topological polar surface area (TPSA) is 68.4 Å². The predicted octanol–water partition coefficient (Wildman–Crippen LogP) is 2.89. The highest BCUT2D eigenvalue weighted by Gasteiger charge is 2.18. The normalized spacial score (nSPS) is 11.2. The Labute approximate surface area is 147 Å². The van der Waals surface area contributed by atoms with Crippen LogP contribution in [0.4, 0.5) is 10.1 Å². The van der Waals surface area contributed by atoms with Gasteiger partial charge in [0.2, 0.25) is 0 Å². The molecule has 1 amide bonds. The molecule has 4 rings (SSSR count). The Morgan fingerprint density at radius 3 is 2.73 bits per heavy atom. The number of halogens is 1. The second-order valence-corrected chi connectivity index (χ2v) is 6.11. The molecule has 0 unspecified atom stereocenters. The van der Waals surface area contributed by atoms with Crippen LogP contribution in [0.2, 0.25) is 0 Å². The van der Waals surface area contributed by atoms with Crippen molar-refractivity contribution in [2.45, 2.75) is 6.92 Å². The first-order chi connectivity index (χ1) is 12.5. The number of nitrogens with zero attached hydrogens (tertiary/aromatic N) is 3. The lowest BCUT2D eigenvalue weighted by atomic mass is 10.3. The Kier molecular flexibility index (Phi) is 3.57. The lowest BCUT2D eigenvalue weighted by Crippen LogP contribution is -2.16. The monoisotopic (exact) mass is 350 g/mol. The molecule has 0 bridgehead atoms. The molecule has 130 valence electrons. The van der Waals surface area contributed by atoms with E-state index in [2.05, 4.69) is 10.3 Å². The largest absolute Gasteiger partial charge is 0.324 e. The Morgan fingerprint density at radius 2 is 1.96 bits per heavy atom. The lowest BCUT2D eigenvalue weighted by Gasteiger charge is -2.07. The first-order valence-corrected chi connectivity index (χ1v) is 8.00. The van der Waals surface area contributed by atoms with Crippen molar-refractivity contribution >= 4 is 28.3 Å². The number of para-hydroxylation sites is 1. The Bertz CT molecular complexity index is 1240. The Hall–Kier alpha value is -3.48. The maximum atomic E-state index is 13.8. The van der Waals surface area contributed by atoms with Crippen LogP contribution in [0.5, 0.6) is 0 Å². The summed E-state index contributed by atoms with van der Waals surface area (Å²) in [5.74, 6) is -1.04. The van der Waals surface area contributed by atoms with E-state index in [0.29, 0.717) is 16.7 Å². The molecule has 0 aliphatic heterocycles. The van der Waals surface area contributed by atoms with Gasteiger partial charge in [-0.05, 0) is 36.8 Å². The van der Waals surface area contributed by atoms with E-state index < -0.39 is 11.7 Å². The number of carbonyl (C=O) groups is 1. The fraction of sp³-hybridized carbons (Fsp3) is 0.105. The van der Waals surface area contributed by atoms with Gasteiger partial charge in [0.05, 0.1) is 11.1 Å². The van der Waals surface area contributed by atoms with Crippen molar-refractivity contribution in [2.24, 2.45) is 7.05 Å². The number of nitrogens with one attached hydrogen (secondary N) is 1. The highest BCUT2D eigenvalue weighted by molar-refractivity contribution is 6.06. The average Bonchev–Trinajstić information content (AvgIpc) is 2.95. The summed E-state index contributed by atoms with van der Waals surface area (Å²) in [6.45, 7) is 1.88. The average molecular weight is 350 g/mol. The van der Waals surface area contributed by atoms with Crippen molar-refractivity contribution in [3.63, 3.8) is 0 Å². The summed E-state index contributed by atoms with van der Waals surface area (Å²) in [6.07, 6.45) is 1.70. The number of anilines is 1. The molecule has 0 spiro atoms. The van der Waals surface area contributed by atoms with Gasteiger partial charge in [0.1, 0.15) is 22.8 Å². The van der Waals surface area contributed by atoms with Crippen LogP contribution < -0.4 is 10.9 Å². The van der Waals surface area contributed by atoms with Gasteiger partial charge in [-0.25, -0.2) is 9.37 Å². The van der Waals surface area contributed by atoms with E-state index in [-0.39, 0.29) is 16.9 Å². The molecule has 0 aliphatic rings. The van der Waals surface area contributed by atoms with Gasteiger partial charge >= 0.3 is 0 Å². The van der Waals surface area contributed by atoms with Crippen molar-refractivity contribution in [3.8, 4) is 0 Å². The fourth-order valence-electron chi connectivity index (χ4n) is 2.94. The van der Waals surface area contributed by atoms with Crippen LogP contribution in [0.3, 0.4) is 0 Å². The van der Waals surface area contributed by atoms with Crippen LogP contribution in [0.1, 0.15) is 16.1 Å². The first kappa shape index (κ1) is 16.0. The highest BCUT2D eigenvalue weighted by atomic mass is 19.1. The van der Waals surface area contributed by atoms with Crippen molar-refractivity contribution in [3.05, 3.63) is 76.1 Å². The van der Waals surface area contributed by atoms with Crippen molar-refractivity contribution in [1.29, 1.82) is 0 Å². The molecule has 3 heterocycles. The minimum absolute atomic E-state index is 0.0771. The number of carbonyl (C=O) groups excluding carboxylic acids is 1.